The first kappa shape index (κ1) is 20.6. The zero-order chi connectivity index (χ0) is 19.2. The normalized spacial score (nSPS) is 23.3. The smallest absolute Gasteiger partial charge is 0.409 e. The first-order valence-electron chi connectivity index (χ1n) is 9.04. The van der Waals surface area contributed by atoms with E-state index in [2.05, 4.69) is 10.3 Å². The van der Waals surface area contributed by atoms with Gasteiger partial charge in [-0.15, -0.1) is 0 Å². The van der Waals surface area contributed by atoms with Crippen LogP contribution in [0.4, 0.5) is 18.0 Å². The monoisotopic (exact) mass is 379 g/mol. The lowest BCUT2D eigenvalue weighted by atomic mass is 10.1. The van der Waals surface area contributed by atoms with E-state index < -0.39 is 12.7 Å². The number of likely N-dealkylation sites (tertiary alicyclic amines) is 2. The number of piperidine rings is 1. The molecule has 1 atom stereocenters. The van der Waals surface area contributed by atoms with E-state index in [9.17, 15) is 18.0 Å². The molecule has 0 bridgehead atoms. The van der Waals surface area contributed by atoms with E-state index in [0.717, 1.165) is 12.8 Å². The Balaban J connectivity index is 1.67. The summed E-state index contributed by atoms with van der Waals surface area (Å²) < 4.78 is 42.2. The maximum atomic E-state index is 12.4. The van der Waals surface area contributed by atoms with Crippen molar-refractivity contribution in [2.24, 2.45) is 16.6 Å². The fourth-order valence-electron chi connectivity index (χ4n) is 3.36. The van der Waals surface area contributed by atoms with E-state index in [1.807, 2.05) is 0 Å². The quantitative estimate of drug-likeness (QED) is 0.557. The van der Waals surface area contributed by atoms with Gasteiger partial charge in [0.25, 0.3) is 0 Å². The van der Waals surface area contributed by atoms with Crippen LogP contribution in [-0.2, 0) is 4.74 Å². The number of rotatable bonds is 5. The number of ether oxygens (including phenoxy) is 1. The highest BCUT2D eigenvalue weighted by Gasteiger charge is 2.34. The molecule has 3 N–H and O–H groups in total. The molecule has 0 radical (unpaired) electrons. The van der Waals surface area contributed by atoms with Crippen molar-refractivity contribution >= 4 is 12.1 Å². The van der Waals surface area contributed by atoms with Gasteiger partial charge < -0.3 is 20.7 Å². The van der Waals surface area contributed by atoms with Crippen molar-refractivity contribution in [3.63, 3.8) is 0 Å². The summed E-state index contributed by atoms with van der Waals surface area (Å²) in [6, 6.07) is 0.134. The third-order valence-electron chi connectivity index (χ3n) is 4.67. The molecule has 0 aromatic rings. The molecule has 0 spiro atoms. The summed E-state index contributed by atoms with van der Waals surface area (Å²) >= 11 is 0. The molecule has 2 rings (SSSR count). The molecule has 0 aliphatic carbocycles. The second-order valence-electron chi connectivity index (χ2n) is 6.84. The molecule has 10 heteroatoms. The first-order valence-corrected chi connectivity index (χ1v) is 9.04. The van der Waals surface area contributed by atoms with Gasteiger partial charge in [0.15, 0.2) is 5.96 Å². The molecule has 0 saturated carbocycles. The van der Waals surface area contributed by atoms with Gasteiger partial charge in [-0.3, -0.25) is 9.89 Å². The topological polar surface area (TPSA) is 83.2 Å². The van der Waals surface area contributed by atoms with Crippen LogP contribution >= 0.6 is 0 Å². The SMILES string of the molecule is CCOC(=O)N1CCC(NC(N)=NCC2CCN(CC(F)(F)F)C2)CC1. The molecule has 7 nitrogen and oxygen atoms in total. The summed E-state index contributed by atoms with van der Waals surface area (Å²) in [6.07, 6.45) is -2.25. The number of nitrogens with zero attached hydrogens (tertiary/aromatic N) is 3. The second-order valence-corrected chi connectivity index (χ2v) is 6.84. The Morgan fingerprint density at radius 3 is 2.58 bits per heavy atom. The molecule has 26 heavy (non-hydrogen) atoms. The molecule has 1 unspecified atom stereocenters. The fraction of sp³-hybridized carbons (Fsp3) is 0.875. The number of hydrogen-bond donors (Lipinski definition) is 2. The molecule has 0 aromatic carbocycles. The van der Waals surface area contributed by atoms with E-state index in [1.54, 1.807) is 11.8 Å². The Morgan fingerprint density at radius 2 is 1.96 bits per heavy atom. The predicted molar refractivity (Wildman–Crippen MR) is 91.8 cm³/mol. The number of carbonyl (C=O) groups is 1. The lowest BCUT2D eigenvalue weighted by Crippen LogP contribution is -2.48. The maximum Gasteiger partial charge on any atom is 0.409 e. The standard InChI is InChI=1S/C16H28F3N5O2/c1-2-26-15(25)24-7-4-13(5-8-24)22-14(20)21-9-12-3-6-23(10-12)11-16(17,18)19/h12-13H,2-11H2,1H3,(H3,20,21,22). The lowest BCUT2D eigenvalue weighted by molar-refractivity contribution is -0.143. The molecule has 2 saturated heterocycles. The zero-order valence-corrected chi connectivity index (χ0v) is 15.1. The van der Waals surface area contributed by atoms with Crippen LogP contribution in [0.2, 0.25) is 0 Å². The molecular formula is C16H28F3N5O2. The number of nitrogens with two attached hydrogens (primary N) is 1. The van der Waals surface area contributed by atoms with Crippen molar-refractivity contribution in [3.8, 4) is 0 Å². The van der Waals surface area contributed by atoms with Gasteiger partial charge in [-0.05, 0) is 38.6 Å². The van der Waals surface area contributed by atoms with Gasteiger partial charge in [0.2, 0.25) is 0 Å². The number of aliphatic imine (C=N–C) groups is 1. The van der Waals surface area contributed by atoms with Crippen molar-refractivity contribution < 1.29 is 22.7 Å². The molecule has 1 amide bonds. The van der Waals surface area contributed by atoms with Crippen LogP contribution < -0.4 is 11.1 Å². The van der Waals surface area contributed by atoms with E-state index in [1.165, 1.54) is 4.90 Å². The summed E-state index contributed by atoms with van der Waals surface area (Å²) in [5.41, 5.74) is 5.90. The van der Waals surface area contributed by atoms with Crippen LogP contribution in [0.5, 0.6) is 0 Å². The van der Waals surface area contributed by atoms with Crippen molar-refractivity contribution in [1.29, 1.82) is 0 Å². The highest BCUT2D eigenvalue weighted by molar-refractivity contribution is 5.78. The van der Waals surface area contributed by atoms with Gasteiger partial charge in [-0.2, -0.15) is 13.2 Å². The Morgan fingerprint density at radius 1 is 1.27 bits per heavy atom. The Labute approximate surface area is 151 Å². The van der Waals surface area contributed by atoms with Gasteiger partial charge >= 0.3 is 12.3 Å². The highest BCUT2D eigenvalue weighted by Crippen LogP contribution is 2.22. The summed E-state index contributed by atoms with van der Waals surface area (Å²) in [5.74, 6) is 0.414. The van der Waals surface area contributed by atoms with Crippen LogP contribution in [0.1, 0.15) is 26.2 Å². The van der Waals surface area contributed by atoms with E-state index in [4.69, 9.17) is 10.5 Å². The van der Waals surface area contributed by atoms with E-state index >= 15 is 0 Å². The highest BCUT2D eigenvalue weighted by atomic mass is 19.4. The number of carbonyl (C=O) groups excluding carboxylic acids is 1. The number of amides is 1. The van der Waals surface area contributed by atoms with Gasteiger partial charge in [0.1, 0.15) is 0 Å². The maximum absolute atomic E-state index is 12.4. The van der Waals surface area contributed by atoms with Crippen LogP contribution in [0.15, 0.2) is 4.99 Å². The number of alkyl halides is 3. The number of nitrogens with one attached hydrogen (secondary N) is 1. The van der Waals surface area contributed by atoms with E-state index in [0.29, 0.717) is 51.7 Å². The van der Waals surface area contributed by atoms with Gasteiger partial charge in [0.05, 0.1) is 13.2 Å². The predicted octanol–water partition coefficient (Wildman–Crippen LogP) is 1.40. The largest absolute Gasteiger partial charge is 0.450 e. The molecule has 150 valence electrons. The Kier molecular flexibility index (Phi) is 7.36. The average Bonchev–Trinajstić information content (AvgIpc) is 2.99. The van der Waals surface area contributed by atoms with Gasteiger partial charge in [-0.1, -0.05) is 0 Å². The van der Waals surface area contributed by atoms with Crippen molar-refractivity contribution in [3.05, 3.63) is 0 Å². The molecule has 0 aromatic heterocycles. The van der Waals surface area contributed by atoms with Crippen molar-refractivity contribution in [2.75, 3.05) is 45.9 Å². The second kappa shape index (κ2) is 9.29. The molecule has 2 fully saturated rings. The molecule has 2 heterocycles. The van der Waals surface area contributed by atoms with Gasteiger partial charge in [0, 0.05) is 32.2 Å². The van der Waals surface area contributed by atoms with Crippen LogP contribution in [-0.4, -0.2) is 79.9 Å². The number of guanidine groups is 1. The Bertz CT molecular complexity index is 493. The minimum Gasteiger partial charge on any atom is -0.450 e. The molecule has 2 aliphatic heterocycles. The van der Waals surface area contributed by atoms with Crippen molar-refractivity contribution in [1.82, 2.24) is 15.1 Å². The Hall–Kier alpha value is -1.71. The van der Waals surface area contributed by atoms with Crippen molar-refractivity contribution in [2.45, 2.75) is 38.4 Å². The van der Waals surface area contributed by atoms with Crippen LogP contribution in [0.3, 0.4) is 0 Å². The summed E-state index contributed by atoms with van der Waals surface area (Å²) in [7, 11) is 0. The minimum absolute atomic E-state index is 0.100. The van der Waals surface area contributed by atoms with Crippen LogP contribution in [0.25, 0.3) is 0 Å². The summed E-state index contributed by atoms with van der Waals surface area (Å²) in [5, 5.41) is 3.14. The van der Waals surface area contributed by atoms with E-state index in [-0.39, 0.29) is 18.1 Å². The average molecular weight is 379 g/mol. The number of halogens is 3. The minimum atomic E-state index is -4.16. The van der Waals surface area contributed by atoms with Gasteiger partial charge in [-0.25, -0.2) is 4.79 Å². The summed E-state index contributed by atoms with van der Waals surface area (Å²) in [4.78, 5) is 19.0. The molecule has 2 aliphatic rings. The summed E-state index contributed by atoms with van der Waals surface area (Å²) in [6.45, 7) is 3.73. The van der Waals surface area contributed by atoms with Crippen LogP contribution in [0, 0.1) is 5.92 Å². The fourth-order valence-corrected chi connectivity index (χ4v) is 3.36. The number of hydrogen-bond acceptors (Lipinski definition) is 4. The third kappa shape index (κ3) is 6.89. The zero-order valence-electron chi connectivity index (χ0n) is 15.1. The third-order valence-corrected chi connectivity index (χ3v) is 4.67. The first-order chi connectivity index (χ1) is 12.3. The lowest BCUT2D eigenvalue weighted by Gasteiger charge is -2.31. The molecular weight excluding hydrogens is 351 g/mol.